The Morgan fingerprint density at radius 2 is 1.27 bits per heavy atom. The van der Waals surface area contributed by atoms with Crippen molar-refractivity contribution in [2.45, 2.75) is 100 Å². The van der Waals surface area contributed by atoms with Crippen LogP contribution in [0.2, 0.25) is 0 Å². The average Bonchev–Trinajstić information content (AvgIpc) is 2.92. The van der Waals surface area contributed by atoms with Crippen LogP contribution in [0.1, 0.15) is 82.1 Å². The highest BCUT2D eigenvalue weighted by atomic mass is 16.3. The number of allylic oxidation sites excluding steroid dienone is 18. The van der Waals surface area contributed by atoms with Crippen molar-refractivity contribution in [2.24, 2.45) is 10.8 Å². The Bertz CT molecular complexity index is 1460. The molecule has 3 N–H and O–H groups in total. The van der Waals surface area contributed by atoms with Gasteiger partial charge in [0.15, 0.2) is 5.78 Å². The summed E-state index contributed by atoms with van der Waals surface area (Å²) in [5.41, 5.74) is 6.99. The van der Waals surface area contributed by atoms with Gasteiger partial charge in [0, 0.05) is 16.6 Å². The third-order valence-electron chi connectivity index (χ3n) is 8.26. The van der Waals surface area contributed by atoms with Gasteiger partial charge in [0.25, 0.3) is 0 Å². The van der Waals surface area contributed by atoms with Gasteiger partial charge < -0.3 is 15.3 Å². The number of carbonyl (C=O) groups excluding carboxylic acids is 1. The second-order valence-corrected chi connectivity index (χ2v) is 13.4. The van der Waals surface area contributed by atoms with E-state index < -0.39 is 18.3 Å². The quantitative estimate of drug-likeness (QED) is 0.195. The van der Waals surface area contributed by atoms with E-state index >= 15 is 0 Å². The van der Waals surface area contributed by atoms with E-state index in [-0.39, 0.29) is 16.6 Å². The first-order valence-corrected chi connectivity index (χ1v) is 15.4. The van der Waals surface area contributed by atoms with Crippen molar-refractivity contribution in [3.05, 3.63) is 117 Å². The van der Waals surface area contributed by atoms with Crippen molar-refractivity contribution in [2.75, 3.05) is 0 Å². The Labute approximate surface area is 266 Å². The van der Waals surface area contributed by atoms with Crippen molar-refractivity contribution < 1.29 is 20.1 Å². The summed E-state index contributed by atoms with van der Waals surface area (Å²) in [6.45, 7) is 20.0. The van der Waals surface area contributed by atoms with Gasteiger partial charge in [-0.15, -0.1) is 0 Å². The molecule has 236 valence electrons. The molecule has 0 aromatic rings. The largest absolute Gasteiger partial charge is 0.390 e. The van der Waals surface area contributed by atoms with Gasteiger partial charge in [0.05, 0.1) is 6.10 Å². The fraction of sp³-hybridized carbons (Fsp3) is 0.425. The van der Waals surface area contributed by atoms with Crippen molar-refractivity contribution in [1.29, 1.82) is 0 Å². The maximum Gasteiger partial charge on any atom is 0.187 e. The van der Waals surface area contributed by atoms with Crippen LogP contribution in [0.3, 0.4) is 0 Å². The summed E-state index contributed by atoms with van der Waals surface area (Å²) in [5, 5.41) is 30.4. The van der Waals surface area contributed by atoms with Crippen molar-refractivity contribution in [3.8, 4) is 11.8 Å². The predicted molar refractivity (Wildman–Crippen MR) is 185 cm³/mol. The van der Waals surface area contributed by atoms with Gasteiger partial charge in [-0.25, -0.2) is 0 Å². The summed E-state index contributed by atoms with van der Waals surface area (Å²) in [6.07, 6.45) is 22.8. The predicted octanol–water partition coefficient (Wildman–Crippen LogP) is 8.14. The lowest BCUT2D eigenvalue weighted by Gasteiger charge is -2.38. The molecule has 2 rings (SSSR count). The normalized spacial score (nSPS) is 25.7. The molecular weight excluding hydrogens is 544 g/mol. The number of hydrogen-bond acceptors (Lipinski definition) is 4. The van der Waals surface area contributed by atoms with E-state index in [4.69, 9.17) is 0 Å². The highest BCUT2D eigenvalue weighted by Gasteiger charge is 2.38. The lowest BCUT2D eigenvalue weighted by molar-refractivity contribution is -0.125. The number of hydrogen-bond donors (Lipinski definition) is 3. The Hall–Kier alpha value is -3.49. The van der Waals surface area contributed by atoms with Crippen LogP contribution in [-0.2, 0) is 4.79 Å². The van der Waals surface area contributed by atoms with E-state index in [0.717, 1.165) is 39.0 Å². The van der Waals surface area contributed by atoms with Crippen LogP contribution in [0, 0.1) is 22.7 Å². The van der Waals surface area contributed by atoms with E-state index in [1.54, 1.807) is 6.92 Å². The Morgan fingerprint density at radius 3 is 1.86 bits per heavy atom. The van der Waals surface area contributed by atoms with Gasteiger partial charge in [-0.1, -0.05) is 129 Å². The van der Waals surface area contributed by atoms with Crippen LogP contribution in [0.5, 0.6) is 0 Å². The topological polar surface area (TPSA) is 77.8 Å². The first-order chi connectivity index (χ1) is 20.5. The molecule has 0 saturated heterocycles. The third-order valence-corrected chi connectivity index (χ3v) is 8.26. The summed E-state index contributed by atoms with van der Waals surface area (Å²) in [6, 6.07) is 0. The summed E-state index contributed by atoms with van der Waals surface area (Å²) in [7, 11) is 0. The molecule has 2 aliphatic carbocycles. The molecule has 0 bridgehead atoms. The minimum absolute atomic E-state index is 0.187. The molecule has 0 aromatic carbocycles. The zero-order chi connectivity index (χ0) is 33.2. The minimum Gasteiger partial charge on any atom is -0.390 e. The van der Waals surface area contributed by atoms with Crippen LogP contribution >= 0.6 is 0 Å². The van der Waals surface area contributed by atoms with Gasteiger partial charge in [-0.3, -0.25) is 4.79 Å². The van der Waals surface area contributed by atoms with Crippen LogP contribution in [0.25, 0.3) is 0 Å². The van der Waals surface area contributed by atoms with Crippen LogP contribution in [-0.4, -0.2) is 39.4 Å². The number of rotatable bonds is 8. The summed E-state index contributed by atoms with van der Waals surface area (Å²) in [5.74, 6) is 6.12. The first kappa shape index (κ1) is 36.7. The molecule has 0 aliphatic heterocycles. The first-order valence-electron chi connectivity index (χ1n) is 15.4. The van der Waals surface area contributed by atoms with Gasteiger partial charge in [-0.2, -0.15) is 0 Å². The molecule has 0 saturated carbocycles. The number of aliphatic hydroxyl groups excluding tert-OH is 3. The lowest BCUT2D eigenvalue weighted by atomic mass is 9.70. The maximum absolute atomic E-state index is 12.2. The van der Waals surface area contributed by atoms with Gasteiger partial charge in [0.2, 0.25) is 0 Å². The number of Topliss-reactive ketones (excluding diaryl/α,β-unsaturated/α-hetero) is 1. The molecule has 0 spiro atoms. The van der Waals surface area contributed by atoms with Crippen LogP contribution < -0.4 is 0 Å². The number of carbonyl (C=O) groups is 1. The van der Waals surface area contributed by atoms with Crippen LogP contribution in [0.4, 0.5) is 0 Å². The molecule has 44 heavy (non-hydrogen) atoms. The third kappa shape index (κ3) is 10.6. The molecule has 4 heteroatoms. The van der Waals surface area contributed by atoms with E-state index in [9.17, 15) is 20.1 Å². The molecule has 0 aromatic heterocycles. The highest BCUT2D eigenvalue weighted by molar-refractivity contribution is 6.00. The molecule has 3 atom stereocenters. The molecular formula is C40H52O4. The van der Waals surface area contributed by atoms with E-state index in [1.165, 1.54) is 0 Å². The van der Waals surface area contributed by atoms with E-state index in [2.05, 4.69) is 63.0 Å². The van der Waals surface area contributed by atoms with Crippen molar-refractivity contribution in [3.63, 3.8) is 0 Å². The summed E-state index contributed by atoms with van der Waals surface area (Å²) in [4.78, 5) is 12.2. The fourth-order valence-corrected chi connectivity index (χ4v) is 5.60. The number of ketones is 1. The van der Waals surface area contributed by atoms with Crippen LogP contribution in [0.15, 0.2) is 117 Å². The standard InChI is InChI=1S/C40H52O4/c1-27(17-13-19-29(3)21-23-33-31(5)37(43)35(41)25-39(33,7)8)15-11-12-16-28(2)18-14-20-30(4)22-24-34-32(6)38(44)36(42)26-40(34,9)10/h11-21,23,35-37,41-43H,25-26H2,1-10H3/b12-11+,17-13+,18-14+,23-21+,27-15+,28-16+,29-19+,30-20-/t35-,36-,37-/m0/s1. The molecule has 0 fully saturated rings. The van der Waals surface area contributed by atoms with E-state index in [1.807, 2.05) is 84.1 Å². The fourth-order valence-electron chi connectivity index (χ4n) is 5.60. The molecule has 0 amide bonds. The molecule has 4 nitrogen and oxygen atoms in total. The number of aliphatic hydroxyl groups is 3. The molecule has 0 unspecified atom stereocenters. The van der Waals surface area contributed by atoms with Gasteiger partial charge >= 0.3 is 0 Å². The van der Waals surface area contributed by atoms with Gasteiger partial charge in [0.1, 0.15) is 12.2 Å². The second-order valence-electron chi connectivity index (χ2n) is 13.4. The smallest absolute Gasteiger partial charge is 0.187 e. The SMILES string of the molecule is CC1=C(C#C\C(C)=C/C=C/C(C)=C/C=C/C=C(C)/C=C/C=C(C)/C=C/C2=C(C)[C@H](O)[C@@H](O)CC2(C)C)C(C)(C)C[C@H](O)C1=O. The molecule has 2 aliphatic rings. The van der Waals surface area contributed by atoms with Gasteiger partial charge in [-0.05, 0) is 76.5 Å². The Balaban J connectivity index is 1.96. The summed E-state index contributed by atoms with van der Waals surface area (Å²) >= 11 is 0. The van der Waals surface area contributed by atoms with Crippen molar-refractivity contribution in [1.82, 2.24) is 0 Å². The summed E-state index contributed by atoms with van der Waals surface area (Å²) < 4.78 is 0. The Morgan fingerprint density at radius 1 is 0.750 bits per heavy atom. The zero-order valence-electron chi connectivity index (χ0n) is 28.3. The molecule has 0 radical (unpaired) electrons. The second kappa shape index (κ2) is 16.0. The highest BCUT2D eigenvalue weighted by Crippen LogP contribution is 2.41. The maximum atomic E-state index is 12.2. The average molecular weight is 597 g/mol. The van der Waals surface area contributed by atoms with Crippen molar-refractivity contribution >= 4 is 5.78 Å². The Kier molecular flexibility index (Phi) is 13.3. The minimum atomic E-state index is -0.938. The zero-order valence-corrected chi connectivity index (χ0v) is 28.3. The lowest BCUT2D eigenvalue weighted by Crippen LogP contribution is -2.38. The van der Waals surface area contributed by atoms with E-state index in [0.29, 0.717) is 18.4 Å². The monoisotopic (exact) mass is 596 g/mol. The molecule has 0 heterocycles.